The molecule has 3 aromatic heterocycles. The molecule has 1 saturated heterocycles. The molecule has 0 aliphatic carbocycles. The van der Waals surface area contributed by atoms with Crippen molar-refractivity contribution < 1.29 is 4.39 Å². The summed E-state index contributed by atoms with van der Waals surface area (Å²) < 4.78 is 13.1. The molecule has 1 aliphatic rings. The molecule has 8 heteroatoms. The van der Waals surface area contributed by atoms with Crippen LogP contribution in [0, 0.1) is 5.82 Å². The average molecular weight is 398 g/mol. The highest BCUT2D eigenvalue weighted by molar-refractivity contribution is 7.16. The van der Waals surface area contributed by atoms with Gasteiger partial charge in [-0.2, -0.15) is 0 Å². The number of piperazine rings is 1. The van der Waals surface area contributed by atoms with Crippen molar-refractivity contribution in [1.82, 2.24) is 15.0 Å². The van der Waals surface area contributed by atoms with E-state index in [1.165, 1.54) is 12.1 Å². The minimum Gasteiger partial charge on any atom is -0.352 e. The molecule has 27 heavy (non-hydrogen) atoms. The standard InChI is InChI=1S/C19H16FN5S2/c20-14-3-1-13(2-4-14)16-11-27-19(23-16)25-8-6-24(7-9-25)17-15-5-10-26-18(15)22-12-21-17/h1-5,10-12H,6-9H2. The summed E-state index contributed by atoms with van der Waals surface area (Å²) in [6.45, 7) is 3.58. The largest absolute Gasteiger partial charge is 0.352 e. The fourth-order valence-electron chi connectivity index (χ4n) is 3.30. The number of aromatic nitrogens is 3. The Labute approximate surface area is 163 Å². The van der Waals surface area contributed by atoms with Crippen molar-refractivity contribution in [2.75, 3.05) is 36.0 Å². The Morgan fingerprint density at radius 1 is 0.889 bits per heavy atom. The number of thiazole rings is 1. The highest BCUT2D eigenvalue weighted by Crippen LogP contribution is 2.30. The van der Waals surface area contributed by atoms with Gasteiger partial charge in [0.25, 0.3) is 0 Å². The predicted molar refractivity (Wildman–Crippen MR) is 109 cm³/mol. The van der Waals surface area contributed by atoms with Gasteiger partial charge in [0.2, 0.25) is 0 Å². The summed E-state index contributed by atoms with van der Waals surface area (Å²) in [5, 5.41) is 6.24. The number of rotatable bonds is 3. The third-order valence-corrected chi connectivity index (χ3v) is 6.44. The number of hydrogen-bond acceptors (Lipinski definition) is 7. The van der Waals surface area contributed by atoms with Gasteiger partial charge in [-0.1, -0.05) is 0 Å². The Hall–Kier alpha value is -2.58. The van der Waals surface area contributed by atoms with Crippen molar-refractivity contribution in [3.8, 4) is 11.3 Å². The Balaban J connectivity index is 1.31. The molecule has 0 saturated carbocycles. The lowest BCUT2D eigenvalue weighted by Crippen LogP contribution is -2.46. The number of thiophene rings is 1. The molecule has 0 atom stereocenters. The maximum absolute atomic E-state index is 13.1. The minimum absolute atomic E-state index is 0.227. The van der Waals surface area contributed by atoms with Crippen LogP contribution < -0.4 is 9.80 Å². The first-order chi connectivity index (χ1) is 13.3. The van der Waals surface area contributed by atoms with Crippen LogP contribution in [0.2, 0.25) is 0 Å². The normalized spacial score (nSPS) is 14.9. The number of benzene rings is 1. The maximum atomic E-state index is 13.1. The molecular formula is C19H16FN5S2. The lowest BCUT2D eigenvalue weighted by atomic mass is 10.2. The van der Waals surface area contributed by atoms with Crippen LogP contribution in [-0.4, -0.2) is 41.1 Å². The Bertz CT molecular complexity index is 1070. The summed E-state index contributed by atoms with van der Waals surface area (Å²) in [4.78, 5) is 19.3. The van der Waals surface area contributed by atoms with Gasteiger partial charge in [-0.05, 0) is 35.7 Å². The molecule has 1 aliphatic heterocycles. The number of fused-ring (bicyclic) bond motifs is 1. The second-order valence-electron chi connectivity index (χ2n) is 6.33. The molecule has 0 N–H and O–H groups in total. The molecule has 0 bridgehead atoms. The van der Waals surface area contributed by atoms with Crippen molar-refractivity contribution in [3.63, 3.8) is 0 Å². The maximum Gasteiger partial charge on any atom is 0.185 e. The summed E-state index contributed by atoms with van der Waals surface area (Å²) in [5.74, 6) is 0.793. The van der Waals surface area contributed by atoms with Crippen LogP contribution in [0.5, 0.6) is 0 Å². The van der Waals surface area contributed by atoms with Crippen LogP contribution in [-0.2, 0) is 0 Å². The Kier molecular flexibility index (Phi) is 4.21. The first kappa shape index (κ1) is 16.6. The zero-order valence-corrected chi connectivity index (χ0v) is 16.0. The first-order valence-corrected chi connectivity index (χ1v) is 10.4. The lowest BCUT2D eigenvalue weighted by Gasteiger charge is -2.35. The van der Waals surface area contributed by atoms with Crippen molar-refractivity contribution in [3.05, 3.63) is 53.2 Å². The van der Waals surface area contributed by atoms with E-state index >= 15 is 0 Å². The number of halogens is 1. The SMILES string of the molecule is Fc1ccc(-c2csc(N3CCN(c4ncnc5sccc45)CC3)n2)cc1. The first-order valence-electron chi connectivity index (χ1n) is 8.67. The fourth-order valence-corrected chi connectivity index (χ4v) is 4.92. The second kappa shape index (κ2) is 6.86. The van der Waals surface area contributed by atoms with E-state index in [0.29, 0.717) is 0 Å². The Morgan fingerprint density at radius 3 is 2.48 bits per heavy atom. The molecule has 0 spiro atoms. The van der Waals surface area contributed by atoms with E-state index < -0.39 is 0 Å². The van der Waals surface area contributed by atoms with Crippen LogP contribution in [0.4, 0.5) is 15.3 Å². The Morgan fingerprint density at radius 2 is 1.67 bits per heavy atom. The van der Waals surface area contributed by atoms with Crippen molar-refractivity contribution >= 4 is 43.8 Å². The molecule has 136 valence electrons. The summed E-state index contributed by atoms with van der Waals surface area (Å²) in [5.41, 5.74) is 1.84. The fraction of sp³-hybridized carbons (Fsp3) is 0.211. The zero-order valence-electron chi connectivity index (χ0n) is 14.4. The minimum atomic E-state index is -0.227. The highest BCUT2D eigenvalue weighted by atomic mass is 32.1. The van der Waals surface area contributed by atoms with Crippen LogP contribution in [0.25, 0.3) is 21.5 Å². The zero-order chi connectivity index (χ0) is 18.2. The van der Waals surface area contributed by atoms with Gasteiger partial charge in [-0.15, -0.1) is 22.7 Å². The van der Waals surface area contributed by atoms with Gasteiger partial charge in [0, 0.05) is 37.1 Å². The molecular weight excluding hydrogens is 381 g/mol. The second-order valence-corrected chi connectivity index (χ2v) is 8.06. The quantitative estimate of drug-likeness (QED) is 0.516. The van der Waals surface area contributed by atoms with E-state index in [1.54, 1.807) is 41.1 Å². The summed E-state index contributed by atoms with van der Waals surface area (Å²) in [7, 11) is 0. The third-order valence-electron chi connectivity index (χ3n) is 4.72. The van der Waals surface area contributed by atoms with Crippen LogP contribution >= 0.6 is 22.7 Å². The van der Waals surface area contributed by atoms with Gasteiger partial charge < -0.3 is 9.80 Å². The summed E-state index contributed by atoms with van der Waals surface area (Å²) >= 11 is 3.28. The van der Waals surface area contributed by atoms with Crippen molar-refractivity contribution in [1.29, 1.82) is 0 Å². The molecule has 1 fully saturated rings. The van der Waals surface area contributed by atoms with Gasteiger partial charge in [-0.3, -0.25) is 0 Å². The van der Waals surface area contributed by atoms with Crippen LogP contribution in [0.15, 0.2) is 47.4 Å². The topological polar surface area (TPSA) is 45.2 Å². The smallest absolute Gasteiger partial charge is 0.185 e. The van der Waals surface area contributed by atoms with Crippen molar-refractivity contribution in [2.45, 2.75) is 0 Å². The average Bonchev–Trinajstić information content (AvgIpc) is 3.38. The summed E-state index contributed by atoms with van der Waals surface area (Å²) in [6, 6.07) is 8.58. The summed E-state index contributed by atoms with van der Waals surface area (Å²) in [6.07, 6.45) is 1.65. The molecule has 4 heterocycles. The van der Waals surface area contributed by atoms with Gasteiger partial charge in [0.05, 0.1) is 11.1 Å². The molecule has 1 aromatic carbocycles. The monoisotopic (exact) mass is 397 g/mol. The van der Waals surface area contributed by atoms with E-state index in [2.05, 4.69) is 31.2 Å². The molecule has 0 unspecified atom stereocenters. The van der Waals surface area contributed by atoms with Gasteiger partial charge in [0.1, 0.15) is 22.8 Å². The predicted octanol–water partition coefficient (Wildman–Crippen LogP) is 4.28. The van der Waals surface area contributed by atoms with E-state index in [9.17, 15) is 4.39 Å². The highest BCUT2D eigenvalue weighted by Gasteiger charge is 2.22. The molecule has 5 nitrogen and oxygen atoms in total. The van der Waals surface area contributed by atoms with Gasteiger partial charge >= 0.3 is 0 Å². The van der Waals surface area contributed by atoms with E-state index in [0.717, 1.165) is 58.6 Å². The lowest BCUT2D eigenvalue weighted by molar-refractivity contribution is 0.628. The molecule has 0 radical (unpaired) electrons. The van der Waals surface area contributed by atoms with E-state index in [1.807, 2.05) is 5.38 Å². The van der Waals surface area contributed by atoms with Crippen LogP contribution in [0.1, 0.15) is 0 Å². The van der Waals surface area contributed by atoms with Gasteiger partial charge in [0.15, 0.2) is 5.13 Å². The van der Waals surface area contributed by atoms with E-state index in [-0.39, 0.29) is 5.82 Å². The van der Waals surface area contributed by atoms with Crippen molar-refractivity contribution in [2.24, 2.45) is 0 Å². The van der Waals surface area contributed by atoms with Gasteiger partial charge in [-0.25, -0.2) is 19.3 Å². The molecule has 0 amide bonds. The third kappa shape index (κ3) is 3.15. The molecule has 5 rings (SSSR count). The number of nitrogens with zero attached hydrogens (tertiary/aromatic N) is 5. The van der Waals surface area contributed by atoms with Crippen LogP contribution in [0.3, 0.4) is 0 Å². The molecule has 4 aromatic rings. The number of hydrogen-bond donors (Lipinski definition) is 0. The van der Waals surface area contributed by atoms with E-state index in [4.69, 9.17) is 4.98 Å². The number of anilines is 2.